The van der Waals surface area contributed by atoms with Crippen LogP contribution in [-0.4, -0.2) is 15.0 Å². The van der Waals surface area contributed by atoms with Crippen LogP contribution in [0.1, 0.15) is 0 Å². The summed E-state index contributed by atoms with van der Waals surface area (Å²) < 4.78 is 25.1. The lowest BCUT2D eigenvalue weighted by molar-refractivity contribution is 0.446. The first-order chi connectivity index (χ1) is 28.7. The predicted octanol–water partition coefficient (Wildman–Crippen LogP) is 13.4. The highest BCUT2D eigenvalue weighted by molar-refractivity contribution is 5.96. The zero-order valence-electron chi connectivity index (χ0n) is 30.6. The number of ether oxygens (including phenoxy) is 4. The van der Waals surface area contributed by atoms with Gasteiger partial charge in [-0.3, -0.25) is 19.8 Å². The van der Waals surface area contributed by atoms with E-state index in [-0.39, 0.29) is 0 Å². The van der Waals surface area contributed by atoms with Gasteiger partial charge in [0.2, 0.25) is 0 Å². The quantitative estimate of drug-likeness (QED) is 0.171. The number of aromatic nitrogens is 3. The fourth-order valence-electron chi connectivity index (χ4n) is 8.02. The molecule has 4 aliphatic rings. The molecule has 9 heteroatoms. The summed E-state index contributed by atoms with van der Waals surface area (Å²) in [6.07, 6.45) is 5.08. The average Bonchev–Trinajstić information content (AvgIpc) is 3.29. The third kappa shape index (κ3) is 5.07. The van der Waals surface area contributed by atoms with Gasteiger partial charge in [0.05, 0.1) is 45.9 Å². The Kier molecular flexibility index (Phi) is 7.02. The standard InChI is InChI=1S/C27H16N2O2.C22H13N3O2/c1-2-8-19-17(7-1)13-14-20(28-19)18-15-25-27-26(16-18)31-24-12-6-4-10-22(24)29(27)21-9-3-5-11-23(21)30-25;1-3-7-18-16(5-1)25-17-6-2-4-8-19(17)27-21-12-14(11-20(26-18)22(21)25)15-13-23-9-10-24-15/h1-16H;1-13H. The van der Waals surface area contributed by atoms with Crippen LogP contribution in [0.3, 0.4) is 0 Å². The molecule has 13 rings (SSSR count). The number of rotatable bonds is 2. The maximum absolute atomic E-state index is 6.34. The van der Waals surface area contributed by atoms with Crippen LogP contribution in [-0.2, 0) is 0 Å². The topological polar surface area (TPSA) is 82.1 Å². The molecule has 9 nitrogen and oxygen atoms in total. The van der Waals surface area contributed by atoms with Crippen molar-refractivity contribution in [2.45, 2.75) is 0 Å². The Labute approximate surface area is 332 Å². The molecule has 0 atom stereocenters. The van der Waals surface area contributed by atoms with E-state index in [1.807, 2.05) is 109 Å². The van der Waals surface area contributed by atoms with E-state index in [9.17, 15) is 0 Å². The molecule has 0 N–H and O–H groups in total. The van der Waals surface area contributed by atoms with Crippen molar-refractivity contribution in [3.05, 3.63) is 176 Å². The smallest absolute Gasteiger partial charge is 0.156 e. The van der Waals surface area contributed by atoms with E-state index in [1.54, 1.807) is 18.6 Å². The van der Waals surface area contributed by atoms with Gasteiger partial charge in [0.25, 0.3) is 0 Å². The van der Waals surface area contributed by atoms with Gasteiger partial charge in [-0.2, -0.15) is 0 Å². The van der Waals surface area contributed by atoms with Crippen LogP contribution in [0.25, 0.3) is 33.4 Å². The minimum Gasteiger partial charge on any atom is -0.453 e. The number of anilines is 6. The number of hydrogen-bond acceptors (Lipinski definition) is 9. The maximum Gasteiger partial charge on any atom is 0.156 e. The van der Waals surface area contributed by atoms with Crippen molar-refractivity contribution in [1.82, 2.24) is 15.0 Å². The van der Waals surface area contributed by atoms with Gasteiger partial charge in [-0.05, 0) is 84.9 Å². The van der Waals surface area contributed by atoms with Crippen LogP contribution < -0.4 is 28.7 Å². The molecule has 7 aromatic carbocycles. The van der Waals surface area contributed by atoms with Crippen LogP contribution >= 0.6 is 0 Å². The van der Waals surface area contributed by atoms with Crippen LogP contribution in [0, 0.1) is 0 Å². The Hall–Kier alpha value is -8.17. The highest BCUT2D eigenvalue weighted by Crippen LogP contribution is 2.62. The van der Waals surface area contributed by atoms with Gasteiger partial charge in [-0.1, -0.05) is 72.8 Å². The molecule has 0 spiro atoms. The summed E-state index contributed by atoms with van der Waals surface area (Å²) in [6.45, 7) is 0. The predicted molar refractivity (Wildman–Crippen MR) is 224 cm³/mol. The molecule has 0 fully saturated rings. The summed E-state index contributed by atoms with van der Waals surface area (Å²) in [5.74, 6) is 6.25. The molecule has 2 aromatic heterocycles. The first-order valence-corrected chi connectivity index (χ1v) is 18.9. The summed E-state index contributed by atoms with van der Waals surface area (Å²) in [4.78, 5) is 17.9. The lowest BCUT2D eigenvalue weighted by Gasteiger charge is -2.38. The Morgan fingerprint density at radius 2 is 0.810 bits per heavy atom. The van der Waals surface area contributed by atoms with E-state index in [4.69, 9.17) is 23.9 Å². The van der Waals surface area contributed by atoms with Crippen LogP contribution in [0.2, 0.25) is 0 Å². The zero-order chi connectivity index (χ0) is 38.2. The molecule has 0 unspecified atom stereocenters. The Morgan fingerprint density at radius 3 is 1.28 bits per heavy atom. The molecule has 274 valence electrons. The lowest BCUT2D eigenvalue weighted by atomic mass is 10.0. The highest BCUT2D eigenvalue weighted by Gasteiger charge is 2.36. The second-order valence-corrected chi connectivity index (χ2v) is 14.1. The van der Waals surface area contributed by atoms with Crippen molar-refractivity contribution in [1.29, 1.82) is 0 Å². The zero-order valence-corrected chi connectivity index (χ0v) is 30.6. The van der Waals surface area contributed by atoms with E-state index in [0.717, 1.165) is 114 Å². The Bertz CT molecular complexity index is 2980. The monoisotopic (exact) mass is 751 g/mol. The number of nitrogens with zero attached hydrogens (tertiary/aromatic N) is 5. The number of fused-ring (bicyclic) bond motifs is 9. The first kappa shape index (κ1) is 32.1. The lowest BCUT2D eigenvalue weighted by Crippen LogP contribution is -2.20. The molecular weight excluding hydrogens is 723 g/mol. The molecule has 0 amide bonds. The fraction of sp³-hybridized carbons (Fsp3) is 0. The van der Waals surface area contributed by atoms with Gasteiger partial charge >= 0.3 is 0 Å². The molecule has 0 radical (unpaired) electrons. The summed E-state index contributed by atoms with van der Waals surface area (Å²) >= 11 is 0. The van der Waals surface area contributed by atoms with Gasteiger partial charge in [0.1, 0.15) is 11.4 Å². The van der Waals surface area contributed by atoms with Gasteiger partial charge in [-0.25, -0.2) is 4.98 Å². The van der Waals surface area contributed by atoms with Crippen LogP contribution in [0.15, 0.2) is 176 Å². The van der Waals surface area contributed by atoms with E-state index in [2.05, 4.69) is 68.3 Å². The molecular formula is C49H29N5O4. The largest absolute Gasteiger partial charge is 0.453 e. The summed E-state index contributed by atoms with van der Waals surface area (Å²) in [5.41, 5.74) is 10.3. The van der Waals surface area contributed by atoms with Crippen molar-refractivity contribution in [3.63, 3.8) is 0 Å². The molecule has 6 heterocycles. The summed E-state index contributed by atoms with van der Waals surface area (Å²) in [6, 6.07) is 52.6. The van der Waals surface area contributed by atoms with Crippen molar-refractivity contribution in [2.75, 3.05) is 9.80 Å². The molecule has 0 saturated carbocycles. The Balaban J connectivity index is 0.000000128. The highest BCUT2D eigenvalue weighted by atomic mass is 16.5. The molecule has 4 aliphatic heterocycles. The number of hydrogen-bond donors (Lipinski definition) is 0. The van der Waals surface area contributed by atoms with Crippen molar-refractivity contribution >= 4 is 45.0 Å². The second kappa shape index (κ2) is 12.7. The first-order valence-electron chi connectivity index (χ1n) is 18.9. The van der Waals surface area contributed by atoms with E-state index in [0.29, 0.717) is 0 Å². The summed E-state index contributed by atoms with van der Waals surface area (Å²) in [7, 11) is 0. The van der Waals surface area contributed by atoms with Gasteiger partial charge in [-0.15, -0.1) is 0 Å². The molecule has 9 aromatic rings. The third-order valence-electron chi connectivity index (χ3n) is 10.6. The SMILES string of the molecule is c1ccc2c(c1)Oc1cc(-c3ccc4ccccc4n3)cc3c1N2c1ccccc1O3.c1ccc2c(c1)Oc1cc(-c3cnccn3)cc3c1N2c1ccccc1O3. The van der Waals surface area contributed by atoms with Gasteiger partial charge < -0.3 is 18.9 Å². The number of para-hydroxylation sites is 9. The van der Waals surface area contributed by atoms with Crippen LogP contribution in [0.4, 0.5) is 34.1 Å². The average molecular weight is 752 g/mol. The maximum atomic E-state index is 6.34. The van der Waals surface area contributed by atoms with E-state index in [1.165, 1.54) is 0 Å². The summed E-state index contributed by atoms with van der Waals surface area (Å²) in [5, 5.41) is 1.12. The Morgan fingerprint density at radius 1 is 0.379 bits per heavy atom. The molecule has 58 heavy (non-hydrogen) atoms. The van der Waals surface area contributed by atoms with Gasteiger partial charge in [0.15, 0.2) is 46.0 Å². The van der Waals surface area contributed by atoms with Crippen molar-refractivity contribution in [3.8, 4) is 68.5 Å². The molecule has 0 aliphatic carbocycles. The van der Waals surface area contributed by atoms with E-state index >= 15 is 0 Å². The normalized spacial score (nSPS) is 13.0. The van der Waals surface area contributed by atoms with Crippen LogP contribution in [0.5, 0.6) is 46.0 Å². The molecule has 0 saturated heterocycles. The minimum atomic E-state index is 0.737. The second-order valence-electron chi connectivity index (χ2n) is 14.1. The fourth-order valence-corrected chi connectivity index (χ4v) is 8.02. The van der Waals surface area contributed by atoms with Gasteiger partial charge in [0, 0.05) is 28.9 Å². The van der Waals surface area contributed by atoms with Crippen molar-refractivity contribution in [2.24, 2.45) is 0 Å². The molecule has 0 bridgehead atoms. The van der Waals surface area contributed by atoms with E-state index < -0.39 is 0 Å². The minimum absolute atomic E-state index is 0.737. The number of benzene rings is 7. The third-order valence-corrected chi connectivity index (χ3v) is 10.6. The number of pyridine rings is 1. The van der Waals surface area contributed by atoms with Crippen molar-refractivity contribution < 1.29 is 18.9 Å².